The van der Waals surface area contributed by atoms with E-state index in [0.717, 1.165) is 68.9 Å². The van der Waals surface area contributed by atoms with Crippen molar-refractivity contribution in [3.05, 3.63) is 120 Å². The number of ketones is 1. The van der Waals surface area contributed by atoms with Gasteiger partial charge in [-0.05, 0) is 93.1 Å². The van der Waals surface area contributed by atoms with E-state index >= 15 is 0 Å². The third-order valence-corrected chi connectivity index (χ3v) is 10.5. The SMILES string of the molecule is CC(C)CC(C)(C)CC(=O)OC(CCCCCCCC/C=C\C/C=C\CC(=O)Cc1ccccc1)CCCCCCCC/C=C\C/C=C\CC(=O)OCc1ccccc1. The first-order chi connectivity index (χ1) is 28.6. The first-order valence-corrected chi connectivity index (χ1v) is 23.2. The van der Waals surface area contributed by atoms with E-state index in [9.17, 15) is 14.4 Å². The lowest BCUT2D eigenvalue weighted by atomic mass is 9.81. The zero-order valence-corrected chi connectivity index (χ0v) is 37.6. The number of allylic oxidation sites excluding steroid dienone is 7. The molecule has 1 unspecified atom stereocenters. The number of Topliss-reactive ketones (excluding diaryl/α,β-unsaturated/α-hetero) is 1. The van der Waals surface area contributed by atoms with Crippen LogP contribution in [-0.4, -0.2) is 23.8 Å². The number of ether oxygens (including phenoxy) is 2. The van der Waals surface area contributed by atoms with Gasteiger partial charge >= 0.3 is 11.9 Å². The summed E-state index contributed by atoms with van der Waals surface area (Å²) in [5.41, 5.74) is 2.05. The Morgan fingerprint density at radius 1 is 0.559 bits per heavy atom. The molecule has 1 atom stereocenters. The van der Waals surface area contributed by atoms with Crippen molar-refractivity contribution in [1.29, 1.82) is 0 Å². The number of unbranched alkanes of at least 4 members (excludes halogenated alkanes) is 12. The Bertz CT molecular complexity index is 1480. The van der Waals surface area contributed by atoms with Gasteiger partial charge in [-0.2, -0.15) is 0 Å². The van der Waals surface area contributed by atoms with Crippen molar-refractivity contribution in [3.8, 4) is 0 Å². The quantitative estimate of drug-likeness (QED) is 0.0394. The van der Waals surface area contributed by atoms with Gasteiger partial charge in [0, 0.05) is 12.8 Å². The highest BCUT2D eigenvalue weighted by Crippen LogP contribution is 2.30. The number of benzene rings is 2. The number of hydrogen-bond donors (Lipinski definition) is 0. The van der Waals surface area contributed by atoms with Crippen LogP contribution in [0.25, 0.3) is 0 Å². The standard InChI is InChI=1S/C54H80O5/c1-47(2)44-54(3,4)45-53(57)59-51(40-32-22-18-14-10-6-5-9-13-17-21-31-39-50(55)43-48-35-27-25-28-36-48)41-33-23-19-15-11-7-8-12-16-20-24-34-42-52(56)58-46-49-37-29-26-30-38-49/h9,12-13,16,21,24-31,34-38,47,51H,5-8,10-11,14-15,17-20,22-23,32-33,39-46H2,1-4H3/b13-9-,16-12-,31-21-,34-24-. The van der Waals surface area contributed by atoms with Gasteiger partial charge in [-0.1, -0.05) is 188 Å². The third-order valence-electron chi connectivity index (χ3n) is 10.5. The molecule has 2 aromatic carbocycles. The van der Waals surface area contributed by atoms with Crippen LogP contribution in [0.4, 0.5) is 0 Å². The van der Waals surface area contributed by atoms with Crippen LogP contribution in [0, 0.1) is 11.3 Å². The van der Waals surface area contributed by atoms with E-state index in [-0.39, 0.29) is 29.2 Å². The molecular formula is C54H80O5. The molecular weight excluding hydrogens is 729 g/mol. The summed E-state index contributed by atoms with van der Waals surface area (Å²) in [7, 11) is 0. The number of hydrogen-bond acceptors (Lipinski definition) is 5. The van der Waals surface area contributed by atoms with Crippen LogP contribution in [0.3, 0.4) is 0 Å². The minimum atomic E-state index is -0.197. The molecule has 5 heteroatoms. The summed E-state index contributed by atoms with van der Waals surface area (Å²) in [6, 6.07) is 19.7. The maximum atomic E-state index is 13.0. The molecule has 0 aliphatic heterocycles. The van der Waals surface area contributed by atoms with E-state index in [0.29, 0.717) is 38.2 Å². The monoisotopic (exact) mass is 809 g/mol. The second-order valence-electron chi connectivity index (χ2n) is 17.6. The second-order valence-corrected chi connectivity index (χ2v) is 17.6. The Kier molecular flexibility index (Phi) is 29.3. The van der Waals surface area contributed by atoms with E-state index < -0.39 is 0 Å². The molecule has 0 aromatic heterocycles. The van der Waals surface area contributed by atoms with Crippen molar-refractivity contribution in [1.82, 2.24) is 0 Å². The molecule has 0 saturated carbocycles. The van der Waals surface area contributed by atoms with Gasteiger partial charge in [0.2, 0.25) is 0 Å². The molecule has 0 aliphatic carbocycles. The smallest absolute Gasteiger partial charge is 0.309 e. The third kappa shape index (κ3) is 30.7. The molecule has 5 nitrogen and oxygen atoms in total. The highest BCUT2D eigenvalue weighted by molar-refractivity contribution is 5.82. The molecule has 59 heavy (non-hydrogen) atoms. The lowest BCUT2D eigenvalue weighted by Gasteiger charge is -2.27. The fourth-order valence-electron chi connectivity index (χ4n) is 7.61. The Labute approximate surface area is 360 Å². The number of esters is 2. The van der Waals surface area contributed by atoms with Crippen LogP contribution < -0.4 is 0 Å². The summed E-state index contributed by atoms with van der Waals surface area (Å²) in [4.78, 5) is 37.1. The summed E-state index contributed by atoms with van der Waals surface area (Å²) in [6.07, 6.45) is 40.2. The maximum Gasteiger partial charge on any atom is 0.309 e. The van der Waals surface area contributed by atoms with E-state index in [1.807, 2.05) is 78.9 Å². The van der Waals surface area contributed by atoms with Crippen molar-refractivity contribution >= 4 is 17.7 Å². The molecule has 0 fully saturated rings. The average molecular weight is 809 g/mol. The summed E-state index contributed by atoms with van der Waals surface area (Å²) >= 11 is 0. The van der Waals surface area contributed by atoms with Gasteiger partial charge in [0.05, 0.1) is 12.8 Å². The number of carbonyl (C=O) groups is 3. The normalized spacial score (nSPS) is 12.7. The minimum absolute atomic E-state index is 0.0226. The number of carbonyl (C=O) groups excluding carboxylic acids is 3. The maximum absolute atomic E-state index is 13.0. The highest BCUT2D eigenvalue weighted by atomic mass is 16.5. The van der Waals surface area contributed by atoms with Crippen LogP contribution in [0.1, 0.15) is 180 Å². The summed E-state index contributed by atoms with van der Waals surface area (Å²) in [5.74, 6) is 0.600. The van der Waals surface area contributed by atoms with Crippen molar-refractivity contribution in [2.24, 2.45) is 11.3 Å². The van der Waals surface area contributed by atoms with E-state index in [2.05, 4.69) is 58.1 Å². The first-order valence-electron chi connectivity index (χ1n) is 23.2. The van der Waals surface area contributed by atoms with Gasteiger partial charge in [0.1, 0.15) is 18.5 Å². The molecule has 0 radical (unpaired) electrons. The zero-order valence-electron chi connectivity index (χ0n) is 37.6. The van der Waals surface area contributed by atoms with Crippen LogP contribution in [-0.2, 0) is 36.9 Å². The summed E-state index contributed by atoms with van der Waals surface area (Å²) in [5, 5.41) is 0. The zero-order chi connectivity index (χ0) is 42.7. The molecule has 0 amide bonds. The molecule has 0 saturated heterocycles. The van der Waals surface area contributed by atoms with Crippen molar-refractivity contribution in [3.63, 3.8) is 0 Å². The van der Waals surface area contributed by atoms with Gasteiger partial charge in [0.15, 0.2) is 0 Å². The van der Waals surface area contributed by atoms with Gasteiger partial charge < -0.3 is 9.47 Å². The van der Waals surface area contributed by atoms with E-state index in [1.165, 1.54) is 64.2 Å². The van der Waals surface area contributed by atoms with Crippen molar-refractivity contribution < 1.29 is 23.9 Å². The molecule has 0 bridgehead atoms. The van der Waals surface area contributed by atoms with Crippen LogP contribution in [0.2, 0.25) is 0 Å². The Morgan fingerprint density at radius 3 is 1.58 bits per heavy atom. The molecule has 0 spiro atoms. The van der Waals surface area contributed by atoms with Crippen molar-refractivity contribution in [2.45, 2.75) is 188 Å². The summed E-state index contributed by atoms with van der Waals surface area (Å²) in [6.45, 7) is 9.15. The van der Waals surface area contributed by atoms with E-state index in [4.69, 9.17) is 9.47 Å². The second kappa shape index (κ2) is 33.8. The predicted molar refractivity (Wildman–Crippen MR) is 248 cm³/mol. The molecule has 0 aliphatic rings. The van der Waals surface area contributed by atoms with Crippen LogP contribution in [0.5, 0.6) is 0 Å². The van der Waals surface area contributed by atoms with Crippen LogP contribution >= 0.6 is 0 Å². The Balaban J connectivity index is 1.53. The molecule has 2 rings (SSSR count). The first kappa shape index (κ1) is 51.2. The Hall–Kier alpha value is -3.99. The predicted octanol–water partition coefficient (Wildman–Crippen LogP) is 14.9. The fraction of sp³-hybridized carbons (Fsp3) is 0.574. The van der Waals surface area contributed by atoms with Gasteiger partial charge in [-0.15, -0.1) is 0 Å². The molecule has 326 valence electrons. The van der Waals surface area contributed by atoms with Crippen molar-refractivity contribution in [2.75, 3.05) is 0 Å². The Morgan fingerprint density at radius 2 is 1.03 bits per heavy atom. The lowest BCUT2D eigenvalue weighted by molar-refractivity contribution is -0.152. The number of rotatable bonds is 35. The van der Waals surface area contributed by atoms with Crippen LogP contribution in [0.15, 0.2) is 109 Å². The van der Waals surface area contributed by atoms with Gasteiger partial charge in [-0.25, -0.2) is 0 Å². The summed E-state index contributed by atoms with van der Waals surface area (Å²) < 4.78 is 11.5. The minimum Gasteiger partial charge on any atom is -0.462 e. The average Bonchev–Trinajstić information content (AvgIpc) is 3.20. The largest absolute Gasteiger partial charge is 0.462 e. The molecule has 0 N–H and O–H groups in total. The molecule has 2 aromatic rings. The lowest BCUT2D eigenvalue weighted by Crippen LogP contribution is -2.25. The molecule has 0 heterocycles. The fourth-order valence-corrected chi connectivity index (χ4v) is 7.61. The highest BCUT2D eigenvalue weighted by Gasteiger charge is 2.25. The van der Waals surface area contributed by atoms with Gasteiger partial charge in [0.25, 0.3) is 0 Å². The van der Waals surface area contributed by atoms with E-state index in [1.54, 1.807) is 0 Å². The van der Waals surface area contributed by atoms with Gasteiger partial charge in [-0.3, -0.25) is 14.4 Å². The topological polar surface area (TPSA) is 69.7 Å².